The van der Waals surface area contributed by atoms with Gasteiger partial charge in [0.25, 0.3) is 11.8 Å². The number of benzene rings is 3. The highest BCUT2D eigenvalue weighted by atomic mass is 32.2. The predicted molar refractivity (Wildman–Crippen MR) is 163 cm³/mol. The average molecular weight is 589 g/mol. The monoisotopic (exact) mass is 588 g/mol. The molecule has 0 bridgehead atoms. The lowest BCUT2D eigenvalue weighted by Gasteiger charge is -2.13. The van der Waals surface area contributed by atoms with Gasteiger partial charge >= 0.3 is 0 Å². The zero-order valence-corrected chi connectivity index (χ0v) is 24.2. The van der Waals surface area contributed by atoms with Crippen LogP contribution in [0.1, 0.15) is 21.6 Å². The molecular weight excluding hydrogens is 560 g/mol. The van der Waals surface area contributed by atoms with E-state index in [1.807, 2.05) is 18.4 Å². The van der Waals surface area contributed by atoms with E-state index < -0.39 is 11.8 Å². The van der Waals surface area contributed by atoms with Crippen molar-refractivity contribution in [3.63, 3.8) is 0 Å². The number of thioether (sulfide) groups is 1. The van der Waals surface area contributed by atoms with E-state index in [-0.39, 0.29) is 17.4 Å². The fourth-order valence-electron chi connectivity index (χ4n) is 3.63. The van der Waals surface area contributed by atoms with Crippen LogP contribution in [0.25, 0.3) is 6.08 Å². The molecule has 0 fully saturated rings. The largest absolute Gasteiger partial charge is 0.497 e. The number of nitrogens with zero attached hydrogens (tertiary/aromatic N) is 1. The Labute approximate surface area is 246 Å². The van der Waals surface area contributed by atoms with Gasteiger partial charge in [-0.25, -0.2) is 4.98 Å². The molecule has 0 radical (unpaired) electrons. The van der Waals surface area contributed by atoms with Crippen molar-refractivity contribution < 1.29 is 23.9 Å². The van der Waals surface area contributed by atoms with Crippen LogP contribution in [0.2, 0.25) is 0 Å². The summed E-state index contributed by atoms with van der Waals surface area (Å²) in [6.07, 6.45) is 1.53. The first-order valence-corrected chi connectivity index (χ1v) is 14.3. The summed E-state index contributed by atoms with van der Waals surface area (Å²) in [5.74, 6) is 0.0569. The van der Waals surface area contributed by atoms with E-state index in [4.69, 9.17) is 9.47 Å². The van der Waals surface area contributed by atoms with Crippen LogP contribution in [0.5, 0.6) is 11.5 Å². The average Bonchev–Trinajstić information content (AvgIpc) is 3.40. The molecule has 0 aliphatic carbocycles. The summed E-state index contributed by atoms with van der Waals surface area (Å²) in [6.45, 7) is 1.86. The molecule has 3 amide bonds. The third-order valence-electron chi connectivity index (χ3n) is 5.59. The first kappa shape index (κ1) is 29.4. The maximum absolute atomic E-state index is 13.5. The number of hydrogen-bond donors (Lipinski definition) is 3. The van der Waals surface area contributed by atoms with Gasteiger partial charge in [0, 0.05) is 27.1 Å². The number of amides is 3. The second-order valence-electron chi connectivity index (χ2n) is 8.60. The highest BCUT2D eigenvalue weighted by molar-refractivity contribution is 8.00. The molecule has 3 aromatic carbocycles. The molecule has 0 saturated carbocycles. The number of methoxy groups -OCH3 is 2. The summed E-state index contributed by atoms with van der Waals surface area (Å²) in [7, 11) is 3.05. The van der Waals surface area contributed by atoms with Crippen LogP contribution in [-0.2, 0) is 9.59 Å². The fraction of sp³-hybridized carbons (Fsp3) is 0.133. The van der Waals surface area contributed by atoms with Gasteiger partial charge in [0.2, 0.25) is 5.91 Å². The van der Waals surface area contributed by atoms with E-state index in [0.717, 1.165) is 10.6 Å². The first-order valence-electron chi connectivity index (χ1n) is 12.4. The molecule has 41 heavy (non-hydrogen) atoms. The van der Waals surface area contributed by atoms with Gasteiger partial charge < -0.3 is 25.4 Å². The van der Waals surface area contributed by atoms with Crippen molar-refractivity contribution in [3.8, 4) is 11.5 Å². The van der Waals surface area contributed by atoms with Gasteiger partial charge in [-0.15, -0.1) is 23.1 Å². The Bertz CT molecular complexity index is 1570. The SMILES string of the molecule is COc1ccc(OC)c(/C=C(/NC(=O)c2ccccc2)C(=O)Nc2cccc(SCC(=O)Nc3nc(C)cs3)c2)c1. The lowest BCUT2D eigenvalue weighted by molar-refractivity contribution is -0.114. The molecule has 0 unspecified atom stereocenters. The molecule has 4 aromatic rings. The maximum Gasteiger partial charge on any atom is 0.272 e. The van der Waals surface area contributed by atoms with Crippen molar-refractivity contribution in [2.45, 2.75) is 11.8 Å². The third kappa shape index (κ3) is 8.44. The third-order valence-corrected chi connectivity index (χ3v) is 7.46. The Balaban J connectivity index is 1.52. The summed E-state index contributed by atoms with van der Waals surface area (Å²) in [5.41, 5.74) is 2.28. The molecule has 0 aliphatic rings. The second kappa shape index (κ2) is 14.1. The zero-order chi connectivity index (χ0) is 29.2. The molecule has 0 aliphatic heterocycles. The van der Waals surface area contributed by atoms with Gasteiger partial charge in [-0.3, -0.25) is 14.4 Å². The molecular formula is C30H28N4O5S2. The minimum absolute atomic E-state index is 0.00146. The number of nitrogens with one attached hydrogen (secondary N) is 3. The van der Waals surface area contributed by atoms with Crippen molar-refractivity contribution in [1.29, 1.82) is 0 Å². The molecule has 0 atom stereocenters. The van der Waals surface area contributed by atoms with E-state index in [2.05, 4.69) is 20.9 Å². The molecule has 9 nitrogen and oxygen atoms in total. The van der Waals surface area contributed by atoms with Gasteiger partial charge in [-0.2, -0.15) is 0 Å². The normalized spacial score (nSPS) is 11.0. The standard InChI is InChI=1S/C30H28N4O5S2/c1-19-17-41-30(31-19)34-27(35)18-40-24-11-7-10-22(16-24)32-29(37)25(33-28(36)20-8-5-4-6-9-20)15-21-14-23(38-2)12-13-26(21)39-3/h4-17H,18H2,1-3H3,(H,32,37)(H,33,36)(H,31,34,35)/b25-15+. The number of thiazole rings is 1. The molecule has 0 spiro atoms. The Morgan fingerprint density at radius 1 is 0.951 bits per heavy atom. The lowest BCUT2D eigenvalue weighted by atomic mass is 10.1. The van der Waals surface area contributed by atoms with E-state index in [9.17, 15) is 14.4 Å². The van der Waals surface area contributed by atoms with E-state index >= 15 is 0 Å². The molecule has 210 valence electrons. The van der Waals surface area contributed by atoms with Crippen LogP contribution in [0.4, 0.5) is 10.8 Å². The van der Waals surface area contributed by atoms with Crippen LogP contribution in [0, 0.1) is 6.92 Å². The number of aromatic nitrogens is 1. The van der Waals surface area contributed by atoms with Gasteiger partial charge in [0.1, 0.15) is 17.2 Å². The minimum Gasteiger partial charge on any atom is -0.497 e. The summed E-state index contributed by atoms with van der Waals surface area (Å²) in [4.78, 5) is 43.8. The van der Waals surface area contributed by atoms with Crippen molar-refractivity contribution in [2.24, 2.45) is 0 Å². The predicted octanol–water partition coefficient (Wildman–Crippen LogP) is 5.61. The highest BCUT2D eigenvalue weighted by Crippen LogP contribution is 2.27. The van der Waals surface area contributed by atoms with Crippen LogP contribution >= 0.6 is 23.1 Å². The number of hydrogen-bond acceptors (Lipinski definition) is 8. The smallest absolute Gasteiger partial charge is 0.272 e. The number of ether oxygens (including phenoxy) is 2. The van der Waals surface area contributed by atoms with Crippen LogP contribution in [-0.4, -0.2) is 42.7 Å². The van der Waals surface area contributed by atoms with Crippen molar-refractivity contribution >= 4 is 57.7 Å². The summed E-state index contributed by atoms with van der Waals surface area (Å²) in [6, 6.07) is 20.9. The van der Waals surface area contributed by atoms with Crippen LogP contribution < -0.4 is 25.4 Å². The van der Waals surface area contributed by atoms with E-state index in [1.165, 1.54) is 43.4 Å². The van der Waals surface area contributed by atoms with Crippen molar-refractivity contribution in [3.05, 3.63) is 101 Å². The number of carbonyl (C=O) groups excluding carboxylic acids is 3. The molecule has 1 heterocycles. The molecule has 1 aromatic heterocycles. The molecule has 0 saturated heterocycles. The van der Waals surface area contributed by atoms with Crippen LogP contribution in [0.15, 0.2) is 88.8 Å². The highest BCUT2D eigenvalue weighted by Gasteiger charge is 2.17. The van der Waals surface area contributed by atoms with Gasteiger partial charge in [-0.1, -0.05) is 24.3 Å². The number of carbonyl (C=O) groups is 3. The maximum atomic E-state index is 13.5. The summed E-state index contributed by atoms with van der Waals surface area (Å²) >= 11 is 2.69. The van der Waals surface area contributed by atoms with Gasteiger partial charge in [0.15, 0.2) is 5.13 Å². The van der Waals surface area contributed by atoms with Gasteiger partial charge in [0.05, 0.1) is 25.7 Å². The number of aryl methyl sites for hydroxylation is 1. The van der Waals surface area contributed by atoms with Crippen molar-refractivity contribution in [2.75, 3.05) is 30.6 Å². The van der Waals surface area contributed by atoms with Crippen LogP contribution in [0.3, 0.4) is 0 Å². The number of anilines is 2. The van der Waals surface area contributed by atoms with Crippen molar-refractivity contribution in [1.82, 2.24) is 10.3 Å². The van der Waals surface area contributed by atoms with Gasteiger partial charge in [-0.05, 0) is 61.5 Å². The zero-order valence-electron chi connectivity index (χ0n) is 22.6. The number of rotatable bonds is 11. The summed E-state index contributed by atoms with van der Waals surface area (Å²) in [5, 5.41) is 10.8. The fourth-order valence-corrected chi connectivity index (χ4v) is 5.09. The Morgan fingerprint density at radius 3 is 2.46 bits per heavy atom. The minimum atomic E-state index is -0.543. The lowest BCUT2D eigenvalue weighted by Crippen LogP contribution is -2.30. The molecule has 3 N–H and O–H groups in total. The van der Waals surface area contributed by atoms with E-state index in [1.54, 1.807) is 66.7 Å². The molecule has 4 rings (SSSR count). The Kier molecular flexibility index (Phi) is 10.1. The second-order valence-corrected chi connectivity index (χ2v) is 10.5. The molecule has 11 heteroatoms. The first-order chi connectivity index (χ1) is 19.8. The van der Waals surface area contributed by atoms with E-state index in [0.29, 0.717) is 33.4 Å². The summed E-state index contributed by atoms with van der Waals surface area (Å²) < 4.78 is 10.8. The Morgan fingerprint density at radius 2 is 1.76 bits per heavy atom. The Hall–Kier alpha value is -4.61. The quantitative estimate of drug-likeness (QED) is 0.154. The topological polar surface area (TPSA) is 119 Å².